The Kier molecular flexibility index (Phi) is 8.57. The van der Waals surface area contributed by atoms with Gasteiger partial charge < -0.3 is 24.0 Å². The fourth-order valence-corrected chi connectivity index (χ4v) is 6.55. The number of aliphatic hydroxyl groups is 1. The molecule has 0 saturated carbocycles. The molecule has 3 aromatic rings. The number of alkyl halides is 1. The molecule has 6 atom stereocenters. The number of nitrogens with one attached hydrogen (secondary N) is 1. The number of imidazole rings is 1. The number of hydrogen-bond acceptors (Lipinski definition) is 11. The number of esters is 1. The van der Waals surface area contributed by atoms with Gasteiger partial charge in [-0.15, -0.1) is 0 Å². The first-order valence-corrected chi connectivity index (χ1v) is 15.0. The average molecular weight is 593 g/mol. The number of aliphatic hydroxyl groups excluding tert-OH is 1. The maximum absolute atomic E-state index is 16.1. The number of ether oxygens (including phenoxy) is 2. The number of aromatic nitrogens is 4. The number of benzene rings is 1. The van der Waals surface area contributed by atoms with E-state index >= 15 is 4.39 Å². The summed E-state index contributed by atoms with van der Waals surface area (Å²) in [4.78, 5) is 27.3. The minimum atomic E-state index is -4.24. The van der Waals surface area contributed by atoms with Crippen molar-refractivity contribution in [3.05, 3.63) is 43.0 Å². The Hall–Kier alpha value is -3.16. The Balaban J connectivity index is 1.36. The van der Waals surface area contributed by atoms with E-state index in [2.05, 4.69) is 24.9 Å². The van der Waals surface area contributed by atoms with E-state index in [1.807, 2.05) is 0 Å². The molecule has 2 fully saturated rings. The van der Waals surface area contributed by atoms with Crippen molar-refractivity contribution in [1.82, 2.24) is 24.6 Å². The summed E-state index contributed by atoms with van der Waals surface area (Å²) in [5.74, 6) is 0.171. The molecular formula is C26H34FN6O7P. The van der Waals surface area contributed by atoms with Crippen LogP contribution in [0.5, 0.6) is 5.75 Å². The molecule has 0 spiro atoms. The Morgan fingerprint density at radius 2 is 1.98 bits per heavy atom. The summed E-state index contributed by atoms with van der Waals surface area (Å²) in [6.45, 7) is 3.79. The van der Waals surface area contributed by atoms with Crippen molar-refractivity contribution in [3.8, 4) is 5.75 Å². The van der Waals surface area contributed by atoms with Crippen molar-refractivity contribution in [1.29, 1.82) is 0 Å². The standard InChI is InChI=1S/C26H34FN6O7P/c1-17(24(35)37-3)31-41(36,40-18-10-6-4-7-11-18)38-14-19-21(34)26(2,27)25(39-19)33-16-30-20-22(28-15-29-23(20)33)32-12-8-5-9-13-32/h4,6-7,10-11,15-17,19,21,25,34H,5,8-9,12-14H2,1-3H3,(H,31,36)/t17?,19-,21-,25-,26-,41?/m1/s1. The molecule has 2 N–H and O–H groups in total. The summed E-state index contributed by atoms with van der Waals surface area (Å²) < 4.78 is 53.0. The van der Waals surface area contributed by atoms with Crippen molar-refractivity contribution >= 4 is 30.7 Å². The Morgan fingerprint density at radius 3 is 2.68 bits per heavy atom. The third-order valence-electron chi connectivity index (χ3n) is 7.25. The van der Waals surface area contributed by atoms with Crippen LogP contribution in [0.1, 0.15) is 39.3 Å². The predicted molar refractivity (Wildman–Crippen MR) is 146 cm³/mol. The molecule has 2 saturated heterocycles. The SMILES string of the molecule is COC(=O)C(C)NP(=O)(OC[C@H]1O[C@@H](n2cnc3c(N4CCCCC4)ncnc32)[C@](C)(F)[C@@H]1O)Oc1ccccc1. The Morgan fingerprint density at radius 1 is 1.24 bits per heavy atom. The summed E-state index contributed by atoms with van der Waals surface area (Å²) in [5.41, 5.74) is -1.44. The number of rotatable bonds is 10. The number of halogens is 1. The van der Waals surface area contributed by atoms with Gasteiger partial charge in [-0.2, -0.15) is 5.09 Å². The third kappa shape index (κ3) is 6.07. The molecule has 5 rings (SSSR count). The van der Waals surface area contributed by atoms with Gasteiger partial charge in [0.25, 0.3) is 0 Å². The van der Waals surface area contributed by atoms with E-state index in [4.69, 9.17) is 18.5 Å². The molecule has 2 aliphatic rings. The molecule has 2 unspecified atom stereocenters. The van der Waals surface area contributed by atoms with Crippen LogP contribution in [0.4, 0.5) is 10.2 Å². The van der Waals surface area contributed by atoms with Crippen molar-refractivity contribution < 1.29 is 37.4 Å². The number of fused-ring (bicyclic) bond motifs is 1. The second kappa shape index (κ2) is 12.0. The molecule has 4 heterocycles. The highest BCUT2D eigenvalue weighted by Crippen LogP contribution is 2.48. The summed E-state index contributed by atoms with van der Waals surface area (Å²) >= 11 is 0. The van der Waals surface area contributed by atoms with E-state index in [-0.39, 0.29) is 5.75 Å². The molecule has 222 valence electrons. The number of piperidine rings is 1. The van der Waals surface area contributed by atoms with Crippen LogP contribution in [-0.2, 0) is 23.4 Å². The molecular weight excluding hydrogens is 558 g/mol. The predicted octanol–water partition coefficient (Wildman–Crippen LogP) is 3.16. The van der Waals surface area contributed by atoms with Gasteiger partial charge in [-0.1, -0.05) is 18.2 Å². The lowest BCUT2D eigenvalue weighted by molar-refractivity contribution is -0.142. The first-order valence-electron chi connectivity index (χ1n) is 13.4. The maximum atomic E-state index is 16.1. The number of carbonyl (C=O) groups excluding carboxylic acids is 1. The Bertz CT molecular complexity index is 1400. The highest BCUT2D eigenvalue weighted by atomic mass is 31.2. The minimum absolute atomic E-state index is 0.204. The van der Waals surface area contributed by atoms with Crippen molar-refractivity contribution in [2.45, 2.75) is 63.3 Å². The maximum Gasteiger partial charge on any atom is 0.459 e. The second-order valence-corrected chi connectivity index (χ2v) is 12.0. The van der Waals surface area contributed by atoms with Gasteiger partial charge in [0.1, 0.15) is 30.3 Å². The normalized spacial score (nSPS) is 27.0. The molecule has 13 nitrogen and oxygen atoms in total. The van der Waals surface area contributed by atoms with Crippen LogP contribution in [0.25, 0.3) is 11.2 Å². The van der Waals surface area contributed by atoms with Crippen molar-refractivity contribution in [2.24, 2.45) is 0 Å². The zero-order valence-electron chi connectivity index (χ0n) is 23.1. The highest BCUT2D eigenvalue weighted by Gasteiger charge is 2.56. The van der Waals surface area contributed by atoms with E-state index in [1.165, 1.54) is 38.2 Å². The van der Waals surface area contributed by atoms with Crippen LogP contribution >= 0.6 is 7.75 Å². The summed E-state index contributed by atoms with van der Waals surface area (Å²) in [7, 11) is -3.05. The second-order valence-electron chi connectivity index (χ2n) is 10.3. The van der Waals surface area contributed by atoms with Crippen LogP contribution in [0.2, 0.25) is 0 Å². The smallest absolute Gasteiger partial charge is 0.459 e. The monoisotopic (exact) mass is 592 g/mol. The molecule has 0 aliphatic carbocycles. The van der Waals surface area contributed by atoms with Crippen LogP contribution in [-0.4, -0.2) is 81.3 Å². The molecule has 1 aromatic carbocycles. The van der Waals surface area contributed by atoms with Crippen LogP contribution in [0.3, 0.4) is 0 Å². The van der Waals surface area contributed by atoms with E-state index < -0.39 is 50.5 Å². The first kappa shape index (κ1) is 29.3. The summed E-state index contributed by atoms with van der Waals surface area (Å²) in [6.07, 6.45) is 1.80. The first-order chi connectivity index (χ1) is 19.6. The topological polar surface area (TPSA) is 150 Å². The molecule has 41 heavy (non-hydrogen) atoms. The number of hydrogen-bond donors (Lipinski definition) is 2. The summed E-state index contributed by atoms with van der Waals surface area (Å²) in [6, 6.07) is 7.13. The van der Waals surface area contributed by atoms with Gasteiger partial charge in [-0.3, -0.25) is 13.9 Å². The number of methoxy groups -OCH3 is 1. The third-order valence-corrected chi connectivity index (χ3v) is 8.89. The van der Waals surface area contributed by atoms with Gasteiger partial charge in [0.15, 0.2) is 28.9 Å². The van der Waals surface area contributed by atoms with Gasteiger partial charge in [-0.05, 0) is 45.2 Å². The largest absolute Gasteiger partial charge is 0.468 e. The number of para-hydroxylation sites is 1. The fraction of sp³-hybridized carbons (Fsp3) is 0.538. The highest BCUT2D eigenvalue weighted by molar-refractivity contribution is 7.52. The van der Waals surface area contributed by atoms with Gasteiger partial charge >= 0.3 is 13.7 Å². The van der Waals surface area contributed by atoms with Crippen LogP contribution in [0, 0.1) is 0 Å². The van der Waals surface area contributed by atoms with Crippen LogP contribution < -0.4 is 14.5 Å². The fourth-order valence-electron chi connectivity index (χ4n) is 5.05. The zero-order chi connectivity index (χ0) is 29.2. The Labute approximate surface area is 236 Å². The number of nitrogens with zero attached hydrogens (tertiary/aromatic N) is 5. The number of anilines is 1. The molecule has 0 radical (unpaired) electrons. The molecule has 15 heteroatoms. The summed E-state index contributed by atoms with van der Waals surface area (Å²) in [5, 5.41) is 13.5. The lowest BCUT2D eigenvalue weighted by Gasteiger charge is -2.28. The quantitative estimate of drug-likeness (QED) is 0.263. The van der Waals surface area contributed by atoms with Crippen LogP contribution in [0.15, 0.2) is 43.0 Å². The molecule has 2 aliphatic heterocycles. The molecule has 2 aromatic heterocycles. The van der Waals surface area contributed by atoms with E-state index in [9.17, 15) is 14.5 Å². The zero-order valence-corrected chi connectivity index (χ0v) is 23.9. The molecule has 0 bridgehead atoms. The van der Waals surface area contributed by atoms with Gasteiger partial charge in [0.2, 0.25) is 0 Å². The van der Waals surface area contributed by atoms with Crippen molar-refractivity contribution in [3.63, 3.8) is 0 Å². The van der Waals surface area contributed by atoms with Gasteiger partial charge in [-0.25, -0.2) is 23.9 Å². The molecule has 0 amide bonds. The lowest BCUT2D eigenvalue weighted by Crippen LogP contribution is -2.41. The van der Waals surface area contributed by atoms with E-state index in [0.717, 1.165) is 32.4 Å². The van der Waals surface area contributed by atoms with E-state index in [0.29, 0.717) is 17.0 Å². The minimum Gasteiger partial charge on any atom is -0.468 e. The number of carbonyl (C=O) groups is 1. The van der Waals surface area contributed by atoms with Gasteiger partial charge in [0.05, 0.1) is 20.0 Å². The lowest BCUT2D eigenvalue weighted by atomic mass is 9.98. The van der Waals surface area contributed by atoms with Gasteiger partial charge in [0, 0.05) is 13.1 Å². The van der Waals surface area contributed by atoms with Crippen molar-refractivity contribution in [2.75, 3.05) is 31.7 Å². The average Bonchev–Trinajstić information content (AvgIpc) is 3.50. The van der Waals surface area contributed by atoms with E-state index in [1.54, 1.807) is 30.3 Å².